The van der Waals surface area contributed by atoms with Gasteiger partial charge in [-0.2, -0.15) is 0 Å². The van der Waals surface area contributed by atoms with Crippen LogP contribution in [0.1, 0.15) is 35.2 Å². The van der Waals surface area contributed by atoms with E-state index >= 15 is 0 Å². The number of sulfone groups is 1. The lowest BCUT2D eigenvalue weighted by molar-refractivity contribution is -0.139. The van der Waals surface area contributed by atoms with Crippen molar-refractivity contribution in [3.63, 3.8) is 0 Å². The van der Waals surface area contributed by atoms with E-state index in [2.05, 4.69) is 10.6 Å². The average molecular weight is 473 g/mol. The van der Waals surface area contributed by atoms with Crippen molar-refractivity contribution in [1.29, 1.82) is 0 Å². The number of nitrogens with one attached hydrogen (secondary N) is 2. The van der Waals surface area contributed by atoms with Crippen LogP contribution in [-0.2, 0) is 19.4 Å². The van der Waals surface area contributed by atoms with Gasteiger partial charge in [0.25, 0.3) is 0 Å². The number of rotatable bonds is 7. The summed E-state index contributed by atoms with van der Waals surface area (Å²) in [5, 5.41) is 5.23. The Kier molecular flexibility index (Phi) is 7.12. The summed E-state index contributed by atoms with van der Waals surface area (Å²) in [5.41, 5.74) is 2.75. The average Bonchev–Trinajstić information content (AvgIpc) is 2.72. The summed E-state index contributed by atoms with van der Waals surface area (Å²) in [6.07, 6.45) is 0. The Balaban J connectivity index is 2.16. The molecule has 2 aromatic carbocycles. The second kappa shape index (κ2) is 9.66. The normalized spacial score (nSPS) is 16.2. The zero-order valence-corrected chi connectivity index (χ0v) is 20.1. The van der Waals surface area contributed by atoms with Gasteiger partial charge in [-0.25, -0.2) is 18.0 Å². The van der Waals surface area contributed by atoms with E-state index < -0.39 is 33.6 Å². The van der Waals surface area contributed by atoms with E-state index in [1.54, 1.807) is 57.2 Å². The molecule has 0 saturated heterocycles. The molecule has 0 radical (unpaired) electrons. The standard InChI is InChI=1S/C24H28N2O6S/c1-6-32-23(27)20-19(13-33(29,30)22-15(3)10-14(2)11-16(22)4)25-24(28)26-21(20)17-8-7-9-18(12-17)31-5/h7-12,21H,6,13H2,1-5H3,(H2,25,26,28)/t21-/m0/s1. The smallest absolute Gasteiger partial charge is 0.338 e. The highest BCUT2D eigenvalue weighted by Gasteiger charge is 2.36. The molecule has 8 nitrogen and oxygen atoms in total. The van der Waals surface area contributed by atoms with Crippen LogP contribution in [0.2, 0.25) is 0 Å². The number of esters is 1. The van der Waals surface area contributed by atoms with Crippen LogP contribution in [0.25, 0.3) is 0 Å². The Morgan fingerprint density at radius 3 is 2.36 bits per heavy atom. The third-order valence-corrected chi connectivity index (χ3v) is 7.26. The van der Waals surface area contributed by atoms with Gasteiger partial charge in [0.05, 0.1) is 36.0 Å². The first-order valence-electron chi connectivity index (χ1n) is 10.5. The van der Waals surface area contributed by atoms with Crippen molar-refractivity contribution < 1.29 is 27.5 Å². The molecule has 0 saturated carbocycles. The molecule has 3 rings (SSSR count). The highest BCUT2D eigenvalue weighted by Crippen LogP contribution is 2.32. The molecule has 1 aliphatic rings. The zero-order chi connectivity index (χ0) is 24.3. The molecule has 0 unspecified atom stereocenters. The molecule has 1 atom stereocenters. The number of aryl methyl sites for hydroxylation is 3. The molecule has 2 aromatic rings. The summed E-state index contributed by atoms with van der Waals surface area (Å²) >= 11 is 0. The number of carbonyl (C=O) groups is 2. The maximum absolute atomic E-state index is 13.5. The lowest BCUT2D eigenvalue weighted by atomic mass is 9.95. The quantitative estimate of drug-likeness (QED) is 0.599. The Bertz CT molecular complexity index is 1210. The van der Waals surface area contributed by atoms with Crippen molar-refractivity contribution in [2.45, 2.75) is 38.6 Å². The number of hydrogen-bond donors (Lipinski definition) is 2. The van der Waals surface area contributed by atoms with Crippen LogP contribution >= 0.6 is 0 Å². The lowest BCUT2D eigenvalue weighted by Gasteiger charge is -2.29. The van der Waals surface area contributed by atoms with E-state index in [1.165, 1.54) is 7.11 Å². The van der Waals surface area contributed by atoms with Crippen LogP contribution in [0.15, 0.2) is 52.6 Å². The van der Waals surface area contributed by atoms with Gasteiger partial charge in [-0.3, -0.25) is 0 Å². The molecule has 1 heterocycles. The molecule has 2 N–H and O–H groups in total. The second-order valence-electron chi connectivity index (χ2n) is 7.91. The third-order valence-electron chi connectivity index (χ3n) is 5.33. The van der Waals surface area contributed by atoms with Crippen LogP contribution < -0.4 is 15.4 Å². The second-order valence-corrected chi connectivity index (χ2v) is 9.83. The van der Waals surface area contributed by atoms with E-state index in [1.807, 2.05) is 6.92 Å². The van der Waals surface area contributed by atoms with Gasteiger partial charge in [-0.15, -0.1) is 0 Å². The van der Waals surface area contributed by atoms with Gasteiger partial charge in [0.15, 0.2) is 9.84 Å². The molecule has 0 spiro atoms. The van der Waals surface area contributed by atoms with Gasteiger partial charge >= 0.3 is 12.0 Å². The predicted molar refractivity (Wildman–Crippen MR) is 124 cm³/mol. The molecule has 2 amide bonds. The van der Waals surface area contributed by atoms with E-state index in [-0.39, 0.29) is 22.8 Å². The summed E-state index contributed by atoms with van der Waals surface area (Å²) in [6.45, 7) is 7.10. The van der Waals surface area contributed by atoms with Crippen LogP contribution in [0.4, 0.5) is 4.79 Å². The fourth-order valence-corrected chi connectivity index (χ4v) is 6.02. The minimum atomic E-state index is -3.89. The maximum atomic E-state index is 13.5. The maximum Gasteiger partial charge on any atom is 0.338 e. The molecule has 176 valence electrons. The van der Waals surface area contributed by atoms with Gasteiger partial charge in [0, 0.05) is 5.70 Å². The van der Waals surface area contributed by atoms with E-state index in [4.69, 9.17) is 9.47 Å². The topological polar surface area (TPSA) is 111 Å². The van der Waals surface area contributed by atoms with Gasteiger partial charge in [-0.1, -0.05) is 29.8 Å². The Morgan fingerprint density at radius 2 is 1.76 bits per heavy atom. The monoisotopic (exact) mass is 472 g/mol. The van der Waals surface area contributed by atoms with Crippen LogP contribution in [0.3, 0.4) is 0 Å². The van der Waals surface area contributed by atoms with Crippen molar-refractivity contribution in [1.82, 2.24) is 10.6 Å². The molecule has 0 aromatic heterocycles. The summed E-state index contributed by atoms with van der Waals surface area (Å²) in [6, 6.07) is 8.92. The van der Waals surface area contributed by atoms with E-state index in [0.717, 1.165) is 5.56 Å². The first-order valence-corrected chi connectivity index (χ1v) is 12.1. The Hall–Kier alpha value is -3.33. The molecule has 1 aliphatic heterocycles. The van der Waals surface area contributed by atoms with Gasteiger partial charge in [0.2, 0.25) is 0 Å². The largest absolute Gasteiger partial charge is 0.497 e. The van der Waals surface area contributed by atoms with E-state index in [0.29, 0.717) is 22.4 Å². The molecule has 9 heteroatoms. The summed E-state index contributed by atoms with van der Waals surface area (Å²) < 4.78 is 37.4. The summed E-state index contributed by atoms with van der Waals surface area (Å²) in [5.74, 6) is -0.733. The Morgan fingerprint density at radius 1 is 1.09 bits per heavy atom. The Labute approximate surface area is 193 Å². The first kappa shape index (κ1) is 24.3. The number of methoxy groups -OCH3 is 1. The lowest BCUT2D eigenvalue weighted by Crippen LogP contribution is -2.47. The van der Waals surface area contributed by atoms with Gasteiger partial charge in [0.1, 0.15) is 5.75 Å². The van der Waals surface area contributed by atoms with Crippen molar-refractivity contribution in [2.24, 2.45) is 0 Å². The number of benzene rings is 2. The summed E-state index contributed by atoms with van der Waals surface area (Å²) in [7, 11) is -2.39. The number of amides is 2. The first-order chi connectivity index (χ1) is 15.6. The minimum absolute atomic E-state index is 0.00982. The number of urea groups is 1. The fraction of sp³-hybridized carbons (Fsp3) is 0.333. The van der Waals surface area contributed by atoms with Crippen LogP contribution in [-0.4, -0.2) is 39.9 Å². The van der Waals surface area contributed by atoms with Crippen molar-refractivity contribution >= 4 is 21.8 Å². The highest BCUT2D eigenvalue weighted by molar-refractivity contribution is 7.91. The highest BCUT2D eigenvalue weighted by atomic mass is 32.2. The molecule has 0 bridgehead atoms. The zero-order valence-electron chi connectivity index (χ0n) is 19.3. The molecule has 0 fully saturated rings. The SMILES string of the molecule is CCOC(=O)C1=C(CS(=O)(=O)c2c(C)cc(C)cc2C)NC(=O)N[C@H]1c1cccc(OC)c1. The van der Waals surface area contributed by atoms with Crippen molar-refractivity contribution in [3.05, 3.63) is 69.9 Å². The van der Waals surface area contributed by atoms with Gasteiger partial charge in [-0.05, 0) is 56.5 Å². The minimum Gasteiger partial charge on any atom is -0.497 e. The summed E-state index contributed by atoms with van der Waals surface area (Å²) in [4.78, 5) is 25.7. The van der Waals surface area contributed by atoms with E-state index in [9.17, 15) is 18.0 Å². The molecular formula is C24H28N2O6S. The number of ether oxygens (including phenoxy) is 2. The van der Waals surface area contributed by atoms with Gasteiger partial charge < -0.3 is 20.1 Å². The number of hydrogen-bond acceptors (Lipinski definition) is 6. The predicted octanol–water partition coefficient (Wildman–Crippen LogP) is 3.27. The third kappa shape index (κ3) is 5.19. The van der Waals surface area contributed by atoms with Crippen LogP contribution in [0, 0.1) is 20.8 Å². The van der Waals surface area contributed by atoms with Crippen molar-refractivity contribution in [3.8, 4) is 5.75 Å². The fourth-order valence-electron chi connectivity index (χ4n) is 4.17. The molecular weight excluding hydrogens is 444 g/mol. The molecule has 0 aliphatic carbocycles. The molecule has 33 heavy (non-hydrogen) atoms. The number of carbonyl (C=O) groups excluding carboxylic acids is 2. The van der Waals surface area contributed by atoms with Crippen molar-refractivity contribution in [2.75, 3.05) is 19.5 Å². The van der Waals surface area contributed by atoms with Crippen LogP contribution in [0.5, 0.6) is 5.75 Å².